The number of carbonyl (C=O) groups excluding carboxylic acids is 1. The Morgan fingerprint density at radius 3 is 2.78 bits per heavy atom. The standard InChI is InChI=1S/C13H15BrFNO2/c1-18-13(5-2-6-13)8-12(17)16-9-3-4-11(15)10(14)7-9/h3-4,7H,2,5-6,8H2,1H3,(H,16,17). The van der Waals surface area contributed by atoms with Gasteiger partial charge in [-0.1, -0.05) is 0 Å². The Labute approximate surface area is 114 Å². The number of amides is 1. The van der Waals surface area contributed by atoms with Crippen molar-refractivity contribution in [1.29, 1.82) is 0 Å². The van der Waals surface area contributed by atoms with Crippen LogP contribution in [0.15, 0.2) is 22.7 Å². The van der Waals surface area contributed by atoms with Crippen molar-refractivity contribution < 1.29 is 13.9 Å². The highest BCUT2D eigenvalue weighted by Gasteiger charge is 2.38. The Balaban J connectivity index is 1.96. The number of halogens is 2. The molecule has 0 unspecified atom stereocenters. The fourth-order valence-corrected chi connectivity index (χ4v) is 2.47. The molecule has 0 spiro atoms. The van der Waals surface area contributed by atoms with Gasteiger partial charge < -0.3 is 10.1 Å². The van der Waals surface area contributed by atoms with Gasteiger partial charge in [-0.05, 0) is 53.4 Å². The number of methoxy groups -OCH3 is 1. The zero-order chi connectivity index (χ0) is 13.2. The zero-order valence-corrected chi connectivity index (χ0v) is 11.7. The van der Waals surface area contributed by atoms with Gasteiger partial charge in [0.1, 0.15) is 5.82 Å². The molecular weight excluding hydrogens is 301 g/mol. The Bertz CT molecular complexity index is 455. The summed E-state index contributed by atoms with van der Waals surface area (Å²) < 4.78 is 18.8. The van der Waals surface area contributed by atoms with E-state index in [1.54, 1.807) is 13.2 Å². The van der Waals surface area contributed by atoms with Crippen molar-refractivity contribution in [1.82, 2.24) is 0 Å². The smallest absolute Gasteiger partial charge is 0.227 e. The fourth-order valence-electron chi connectivity index (χ4n) is 2.10. The first-order chi connectivity index (χ1) is 8.54. The lowest BCUT2D eigenvalue weighted by Crippen LogP contribution is -2.42. The second-order valence-corrected chi connectivity index (χ2v) is 5.45. The third-order valence-electron chi connectivity index (χ3n) is 3.38. The van der Waals surface area contributed by atoms with Crippen LogP contribution < -0.4 is 5.32 Å². The number of hydrogen-bond acceptors (Lipinski definition) is 2. The minimum atomic E-state index is -0.347. The van der Waals surface area contributed by atoms with Gasteiger partial charge in [0.2, 0.25) is 5.91 Å². The normalized spacial score (nSPS) is 17.1. The quantitative estimate of drug-likeness (QED) is 0.923. The zero-order valence-electron chi connectivity index (χ0n) is 10.1. The molecule has 1 amide bonds. The van der Waals surface area contributed by atoms with E-state index >= 15 is 0 Å². The van der Waals surface area contributed by atoms with Gasteiger partial charge in [0.25, 0.3) is 0 Å². The van der Waals surface area contributed by atoms with Crippen molar-refractivity contribution >= 4 is 27.5 Å². The van der Waals surface area contributed by atoms with Crippen LogP contribution in [0.4, 0.5) is 10.1 Å². The van der Waals surface area contributed by atoms with Crippen molar-refractivity contribution in [2.24, 2.45) is 0 Å². The molecule has 0 saturated heterocycles. The van der Waals surface area contributed by atoms with Crippen LogP contribution in [0.25, 0.3) is 0 Å². The maximum absolute atomic E-state index is 13.0. The average molecular weight is 316 g/mol. The van der Waals surface area contributed by atoms with Gasteiger partial charge in [0.05, 0.1) is 16.5 Å². The Morgan fingerprint density at radius 1 is 1.56 bits per heavy atom. The van der Waals surface area contributed by atoms with E-state index < -0.39 is 0 Å². The number of ether oxygens (including phenoxy) is 1. The first-order valence-corrected chi connectivity index (χ1v) is 6.64. The topological polar surface area (TPSA) is 38.3 Å². The first kappa shape index (κ1) is 13.5. The molecule has 0 atom stereocenters. The molecule has 0 aromatic heterocycles. The molecule has 2 rings (SSSR count). The molecule has 1 aliphatic rings. The molecule has 3 nitrogen and oxygen atoms in total. The number of carbonyl (C=O) groups is 1. The molecule has 1 aromatic carbocycles. The van der Waals surface area contributed by atoms with Crippen LogP contribution in [0.1, 0.15) is 25.7 Å². The monoisotopic (exact) mass is 315 g/mol. The average Bonchev–Trinajstić information content (AvgIpc) is 2.29. The molecule has 5 heteroatoms. The van der Waals surface area contributed by atoms with Crippen LogP contribution in [-0.4, -0.2) is 18.6 Å². The maximum Gasteiger partial charge on any atom is 0.227 e. The van der Waals surface area contributed by atoms with Gasteiger partial charge in [-0.25, -0.2) is 4.39 Å². The SMILES string of the molecule is COC1(CC(=O)Nc2ccc(F)c(Br)c2)CCC1. The fraction of sp³-hybridized carbons (Fsp3) is 0.462. The minimum Gasteiger partial charge on any atom is -0.378 e. The predicted molar refractivity (Wildman–Crippen MR) is 70.9 cm³/mol. The largest absolute Gasteiger partial charge is 0.378 e. The van der Waals surface area contributed by atoms with Gasteiger partial charge in [-0.3, -0.25) is 4.79 Å². The predicted octanol–water partition coefficient (Wildman–Crippen LogP) is 3.49. The molecule has 0 bridgehead atoms. The summed E-state index contributed by atoms with van der Waals surface area (Å²) in [7, 11) is 1.64. The van der Waals surface area contributed by atoms with Gasteiger partial charge in [0.15, 0.2) is 0 Å². The van der Waals surface area contributed by atoms with Crippen molar-refractivity contribution in [2.45, 2.75) is 31.3 Å². The lowest BCUT2D eigenvalue weighted by atomic mass is 9.77. The molecular formula is C13H15BrFNO2. The van der Waals surface area contributed by atoms with Crippen LogP contribution in [0.3, 0.4) is 0 Å². The molecule has 0 radical (unpaired) electrons. The van der Waals surface area contributed by atoms with E-state index in [4.69, 9.17) is 4.74 Å². The third-order valence-corrected chi connectivity index (χ3v) is 3.99. The summed E-state index contributed by atoms with van der Waals surface area (Å²) in [6, 6.07) is 4.40. The molecule has 1 aromatic rings. The minimum absolute atomic E-state index is 0.102. The highest BCUT2D eigenvalue weighted by Crippen LogP contribution is 2.38. The van der Waals surface area contributed by atoms with E-state index in [1.165, 1.54) is 12.1 Å². The lowest BCUT2D eigenvalue weighted by molar-refractivity contribution is -0.129. The molecule has 0 heterocycles. The summed E-state index contributed by atoms with van der Waals surface area (Å²) >= 11 is 3.08. The maximum atomic E-state index is 13.0. The Hall–Kier alpha value is -0.940. The lowest BCUT2D eigenvalue weighted by Gasteiger charge is -2.39. The van der Waals surface area contributed by atoms with Crippen molar-refractivity contribution in [3.63, 3.8) is 0 Å². The van der Waals surface area contributed by atoms with E-state index in [2.05, 4.69) is 21.2 Å². The van der Waals surface area contributed by atoms with Gasteiger partial charge >= 0.3 is 0 Å². The van der Waals surface area contributed by atoms with Crippen LogP contribution >= 0.6 is 15.9 Å². The molecule has 98 valence electrons. The van der Waals surface area contributed by atoms with E-state index in [0.717, 1.165) is 19.3 Å². The van der Waals surface area contributed by atoms with E-state index in [-0.39, 0.29) is 17.3 Å². The summed E-state index contributed by atoms with van der Waals surface area (Å²) in [5, 5.41) is 2.75. The molecule has 1 N–H and O–H groups in total. The van der Waals surface area contributed by atoms with Crippen LogP contribution in [0, 0.1) is 5.82 Å². The molecule has 1 saturated carbocycles. The second kappa shape index (κ2) is 5.36. The summed E-state index contributed by atoms with van der Waals surface area (Å²) in [5.74, 6) is -0.449. The summed E-state index contributed by atoms with van der Waals surface area (Å²) in [6.07, 6.45) is 3.29. The van der Waals surface area contributed by atoms with Gasteiger partial charge in [-0.2, -0.15) is 0 Å². The summed E-state index contributed by atoms with van der Waals surface area (Å²) in [5.41, 5.74) is 0.292. The number of anilines is 1. The molecule has 18 heavy (non-hydrogen) atoms. The van der Waals surface area contributed by atoms with Gasteiger partial charge in [0, 0.05) is 12.8 Å². The summed E-state index contributed by atoms with van der Waals surface area (Å²) in [6.45, 7) is 0. The third kappa shape index (κ3) is 2.90. The number of hydrogen-bond donors (Lipinski definition) is 1. The highest BCUT2D eigenvalue weighted by molar-refractivity contribution is 9.10. The Kier molecular flexibility index (Phi) is 4.02. The number of nitrogens with one attached hydrogen (secondary N) is 1. The Morgan fingerprint density at radius 2 is 2.28 bits per heavy atom. The van der Waals surface area contributed by atoms with Crippen molar-refractivity contribution in [3.8, 4) is 0 Å². The van der Waals surface area contributed by atoms with E-state index in [9.17, 15) is 9.18 Å². The van der Waals surface area contributed by atoms with Crippen LogP contribution in [0.5, 0.6) is 0 Å². The number of benzene rings is 1. The van der Waals surface area contributed by atoms with Crippen LogP contribution in [-0.2, 0) is 9.53 Å². The summed E-state index contributed by atoms with van der Waals surface area (Å²) in [4.78, 5) is 11.9. The van der Waals surface area contributed by atoms with Crippen molar-refractivity contribution in [2.75, 3.05) is 12.4 Å². The molecule has 0 aliphatic heterocycles. The van der Waals surface area contributed by atoms with Crippen molar-refractivity contribution in [3.05, 3.63) is 28.5 Å². The number of rotatable bonds is 4. The first-order valence-electron chi connectivity index (χ1n) is 5.85. The molecule has 1 aliphatic carbocycles. The van der Waals surface area contributed by atoms with E-state index in [0.29, 0.717) is 16.6 Å². The molecule has 1 fully saturated rings. The van der Waals surface area contributed by atoms with Crippen LogP contribution in [0.2, 0.25) is 0 Å². The second-order valence-electron chi connectivity index (χ2n) is 4.59. The highest BCUT2D eigenvalue weighted by atomic mass is 79.9. The van der Waals surface area contributed by atoms with E-state index in [1.807, 2.05) is 0 Å². The van der Waals surface area contributed by atoms with Gasteiger partial charge in [-0.15, -0.1) is 0 Å².